The summed E-state index contributed by atoms with van der Waals surface area (Å²) < 4.78 is 47.5. The zero-order valence-electron chi connectivity index (χ0n) is 23.6. The number of halogens is 3. The number of quaternary nitrogens is 1. The molecule has 0 fully saturated rings. The number of carboxylic acid groups (broad SMARTS) is 1. The van der Waals surface area contributed by atoms with E-state index in [1.165, 1.54) is 28.7 Å². The van der Waals surface area contributed by atoms with E-state index in [1.807, 2.05) is 21.0 Å². The topological polar surface area (TPSA) is 141 Å². The zero-order valence-corrected chi connectivity index (χ0v) is 23.6. The summed E-state index contributed by atoms with van der Waals surface area (Å²) in [4.78, 5) is 36.2. The molecule has 0 bridgehead atoms. The van der Waals surface area contributed by atoms with Crippen molar-refractivity contribution in [3.05, 3.63) is 86.5 Å². The highest BCUT2D eigenvalue weighted by Crippen LogP contribution is 2.43. The predicted octanol–water partition coefficient (Wildman–Crippen LogP) is 3.95. The molecular weight excluding hydrogens is 557 g/mol. The Labute approximate surface area is 239 Å². The largest absolute Gasteiger partial charge is 0.483 e. The monoisotopic (exact) mass is 587 g/mol. The maximum Gasteiger partial charge on any atom is 0.416 e. The van der Waals surface area contributed by atoms with E-state index < -0.39 is 29.4 Å². The lowest BCUT2D eigenvalue weighted by molar-refractivity contribution is -0.901. The zero-order chi connectivity index (χ0) is 31.4. The molecule has 0 radical (unpaired) electrons. The van der Waals surface area contributed by atoms with Gasteiger partial charge in [-0.15, -0.1) is 5.10 Å². The maximum absolute atomic E-state index is 13.5. The number of aromatic amines is 1. The van der Waals surface area contributed by atoms with Crippen LogP contribution in [0, 0.1) is 11.3 Å². The average Bonchev–Trinajstić information content (AvgIpc) is 3.32. The van der Waals surface area contributed by atoms with Crippen molar-refractivity contribution in [2.45, 2.75) is 32.6 Å². The van der Waals surface area contributed by atoms with Gasteiger partial charge in [0, 0.05) is 16.9 Å². The highest BCUT2D eigenvalue weighted by atomic mass is 19.4. The number of rotatable bonds is 6. The predicted molar refractivity (Wildman–Crippen MR) is 145 cm³/mol. The second-order valence-corrected chi connectivity index (χ2v) is 10.0. The summed E-state index contributed by atoms with van der Waals surface area (Å²) in [5.41, 5.74) is 0.510. The number of ether oxygens (including phenoxy) is 1. The van der Waals surface area contributed by atoms with Crippen molar-refractivity contribution >= 4 is 24.1 Å². The summed E-state index contributed by atoms with van der Waals surface area (Å²) in [5, 5.41) is 23.0. The van der Waals surface area contributed by atoms with Gasteiger partial charge >= 0.3 is 17.8 Å². The number of anilines is 2. The molecule has 1 atom stereocenters. The van der Waals surface area contributed by atoms with Gasteiger partial charge in [0.25, 0.3) is 6.47 Å². The fourth-order valence-electron chi connectivity index (χ4n) is 4.73. The summed E-state index contributed by atoms with van der Waals surface area (Å²) in [6.45, 7) is 4.58. The molecule has 1 aliphatic heterocycles. The molecule has 14 heteroatoms. The SMILES string of the molecule is CC[N+](C)(C)Cc1cc(C#N)ccc1[C@@H]1C(C(=O)OC)=C(C)N(c2cccc(C(F)(F)F)c2)c2n[nH]c(=O)n21.O=CO. The van der Waals surface area contributed by atoms with Gasteiger partial charge in [0.2, 0.25) is 5.95 Å². The van der Waals surface area contributed by atoms with E-state index in [1.54, 1.807) is 25.1 Å². The second kappa shape index (κ2) is 12.3. The number of esters is 1. The summed E-state index contributed by atoms with van der Waals surface area (Å²) >= 11 is 0. The fourth-order valence-corrected chi connectivity index (χ4v) is 4.73. The Hall–Kier alpha value is -4.90. The van der Waals surface area contributed by atoms with E-state index in [-0.39, 0.29) is 29.4 Å². The van der Waals surface area contributed by atoms with Gasteiger partial charge in [-0.05, 0) is 49.7 Å². The van der Waals surface area contributed by atoms with Crippen molar-refractivity contribution in [3.63, 3.8) is 0 Å². The molecule has 1 aromatic heterocycles. The van der Waals surface area contributed by atoms with Crippen LogP contribution in [0.5, 0.6) is 0 Å². The molecule has 2 heterocycles. The lowest BCUT2D eigenvalue weighted by Gasteiger charge is -2.37. The van der Waals surface area contributed by atoms with Crippen LogP contribution in [0.1, 0.15) is 42.1 Å². The van der Waals surface area contributed by atoms with Gasteiger partial charge in [-0.1, -0.05) is 12.1 Å². The van der Waals surface area contributed by atoms with Crippen molar-refractivity contribution < 1.29 is 37.1 Å². The first-order valence-electron chi connectivity index (χ1n) is 12.6. The Bertz CT molecular complexity index is 1620. The van der Waals surface area contributed by atoms with Crippen LogP contribution in [0.25, 0.3) is 0 Å². The summed E-state index contributed by atoms with van der Waals surface area (Å²) in [5.74, 6) is -0.748. The number of nitrogens with zero attached hydrogens (tertiary/aromatic N) is 5. The molecule has 0 saturated carbocycles. The van der Waals surface area contributed by atoms with Crippen LogP contribution in [0.3, 0.4) is 0 Å². The smallest absolute Gasteiger partial charge is 0.416 e. The third-order valence-corrected chi connectivity index (χ3v) is 7.00. The molecule has 222 valence electrons. The quantitative estimate of drug-likeness (QED) is 0.251. The third-order valence-electron chi connectivity index (χ3n) is 7.00. The van der Waals surface area contributed by atoms with Crippen LogP contribution in [0.2, 0.25) is 0 Å². The van der Waals surface area contributed by atoms with E-state index in [0.717, 1.165) is 24.2 Å². The number of allylic oxidation sites excluding steroid dienone is 1. The van der Waals surface area contributed by atoms with Crippen LogP contribution < -0.4 is 10.6 Å². The number of carbonyl (C=O) groups is 2. The van der Waals surface area contributed by atoms with E-state index in [0.29, 0.717) is 22.2 Å². The number of nitrogens with one attached hydrogen (secondary N) is 1. The van der Waals surface area contributed by atoms with Crippen molar-refractivity contribution in [1.82, 2.24) is 14.8 Å². The Morgan fingerprint density at radius 2 is 1.93 bits per heavy atom. The van der Waals surface area contributed by atoms with Crippen LogP contribution in [-0.4, -0.2) is 64.5 Å². The van der Waals surface area contributed by atoms with E-state index in [9.17, 15) is 28.0 Å². The lowest BCUT2D eigenvalue weighted by Crippen LogP contribution is -2.40. The molecule has 42 heavy (non-hydrogen) atoms. The summed E-state index contributed by atoms with van der Waals surface area (Å²) in [6, 6.07) is 10.7. The minimum absolute atomic E-state index is 0.00836. The Kier molecular flexibility index (Phi) is 9.27. The number of methoxy groups -OCH3 is 1. The Balaban J connectivity index is 0.00000155. The first kappa shape index (κ1) is 31.6. The molecule has 4 rings (SSSR count). The van der Waals surface area contributed by atoms with Gasteiger partial charge in [-0.3, -0.25) is 9.69 Å². The van der Waals surface area contributed by atoms with Crippen molar-refractivity contribution in [3.8, 4) is 6.07 Å². The van der Waals surface area contributed by atoms with Crippen LogP contribution in [0.15, 0.2) is 58.5 Å². The molecule has 0 amide bonds. The second-order valence-electron chi connectivity index (χ2n) is 10.0. The van der Waals surface area contributed by atoms with Gasteiger partial charge in [0.1, 0.15) is 12.6 Å². The number of fused-ring (bicyclic) bond motifs is 1. The molecule has 0 aliphatic carbocycles. The van der Waals surface area contributed by atoms with Crippen LogP contribution >= 0.6 is 0 Å². The normalized spacial score (nSPS) is 14.8. The van der Waals surface area contributed by atoms with Crippen molar-refractivity contribution in [1.29, 1.82) is 5.26 Å². The van der Waals surface area contributed by atoms with Crippen LogP contribution in [-0.2, 0) is 27.0 Å². The lowest BCUT2D eigenvalue weighted by atomic mass is 9.89. The van der Waals surface area contributed by atoms with Gasteiger partial charge < -0.3 is 14.3 Å². The minimum Gasteiger partial charge on any atom is -0.483 e. The summed E-state index contributed by atoms with van der Waals surface area (Å²) in [7, 11) is 5.21. The molecule has 2 N–H and O–H groups in total. The molecule has 2 aromatic carbocycles. The van der Waals surface area contributed by atoms with E-state index >= 15 is 0 Å². The van der Waals surface area contributed by atoms with Crippen molar-refractivity contribution in [2.75, 3.05) is 32.6 Å². The van der Waals surface area contributed by atoms with Gasteiger partial charge in [0.05, 0.1) is 50.5 Å². The number of benzene rings is 2. The molecular formula is C28H30F3N6O5+. The number of hydrogen-bond donors (Lipinski definition) is 2. The van der Waals surface area contributed by atoms with Crippen LogP contribution in [0.4, 0.5) is 24.8 Å². The highest BCUT2D eigenvalue weighted by molar-refractivity contribution is 5.93. The molecule has 0 unspecified atom stereocenters. The number of hydrogen-bond acceptors (Lipinski definition) is 7. The standard InChI is InChI=1S/C27H27F3N6O3.CH2O2/c1-6-36(3,4)15-18-12-17(14-31)10-11-21(18)23-22(24(37)39-5)16(2)34(25-32-33-26(38)35(23)25)20-9-7-8-19(13-20)27(28,29)30;2-1-3/h7-13,23H,6,15H2,1-5H3;1H,(H,2,3)/p+1/t23-;/m1./s1. The number of carbonyl (C=O) groups excluding carboxylic acids is 1. The van der Waals surface area contributed by atoms with E-state index in [4.69, 9.17) is 14.6 Å². The molecule has 11 nitrogen and oxygen atoms in total. The Morgan fingerprint density at radius 1 is 1.26 bits per heavy atom. The Morgan fingerprint density at radius 3 is 2.50 bits per heavy atom. The fraction of sp³-hybridized carbons (Fsp3) is 0.321. The minimum atomic E-state index is -4.61. The first-order chi connectivity index (χ1) is 19.7. The number of nitriles is 1. The molecule has 3 aromatic rings. The maximum atomic E-state index is 13.5. The van der Waals surface area contributed by atoms with Gasteiger partial charge in [0.15, 0.2) is 0 Å². The molecule has 0 saturated heterocycles. The molecule has 1 aliphatic rings. The van der Waals surface area contributed by atoms with Gasteiger partial charge in [-0.2, -0.15) is 18.4 Å². The molecule has 0 spiro atoms. The van der Waals surface area contributed by atoms with E-state index in [2.05, 4.69) is 16.3 Å². The number of H-pyrrole nitrogens is 1. The average molecular weight is 588 g/mol. The third kappa shape index (κ3) is 6.21. The van der Waals surface area contributed by atoms with Gasteiger partial charge in [-0.25, -0.2) is 19.3 Å². The summed E-state index contributed by atoms with van der Waals surface area (Å²) in [6.07, 6.45) is -4.61. The highest BCUT2D eigenvalue weighted by Gasteiger charge is 2.41. The first-order valence-corrected chi connectivity index (χ1v) is 12.6. The van der Waals surface area contributed by atoms with Crippen molar-refractivity contribution in [2.24, 2.45) is 0 Å². The number of aromatic nitrogens is 3. The number of alkyl halides is 3.